The summed E-state index contributed by atoms with van der Waals surface area (Å²) >= 11 is 0. The number of hydrogen-bond donors (Lipinski definition) is 2. The van der Waals surface area contributed by atoms with Crippen LogP contribution in [0.15, 0.2) is 53.5 Å². The van der Waals surface area contributed by atoms with Gasteiger partial charge in [-0.05, 0) is 55.5 Å². The lowest BCUT2D eigenvalue weighted by atomic mass is 10.0. The topological polar surface area (TPSA) is 39.7 Å². The van der Waals surface area contributed by atoms with E-state index in [0.29, 0.717) is 24.6 Å². The fraction of sp³-hybridized carbons (Fsp3) is 0.435. The lowest BCUT2D eigenvalue weighted by Crippen LogP contribution is -2.48. The third kappa shape index (κ3) is 7.83. The predicted octanol–water partition coefficient (Wildman–Crippen LogP) is 4.35. The monoisotopic (exact) mass is 528 g/mol. The number of nitrogens with one attached hydrogen (secondary N) is 2. The molecule has 1 aliphatic rings. The highest BCUT2D eigenvalue weighted by Gasteiger charge is 2.20. The number of benzene rings is 2. The van der Waals surface area contributed by atoms with Gasteiger partial charge in [0.1, 0.15) is 11.6 Å². The third-order valence-corrected chi connectivity index (χ3v) is 5.18. The lowest BCUT2D eigenvalue weighted by Gasteiger charge is -2.33. The molecule has 30 heavy (non-hydrogen) atoms. The Balaban J connectivity index is 0.00000320. The molecular formula is C23H31F2IN4. The molecule has 0 atom stereocenters. The van der Waals surface area contributed by atoms with Gasteiger partial charge in [-0.15, -0.1) is 24.0 Å². The van der Waals surface area contributed by atoms with Crippen LogP contribution in [0.3, 0.4) is 0 Å². The minimum absolute atomic E-state index is 0. The van der Waals surface area contributed by atoms with Crippen LogP contribution in [0.5, 0.6) is 0 Å². The van der Waals surface area contributed by atoms with Crippen LogP contribution in [-0.4, -0.2) is 43.1 Å². The number of piperidine rings is 1. The molecule has 1 heterocycles. The molecule has 7 heteroatoms. The van der Waals surface area contributed by atoms with Crippen LogP contribution >= 0.6 is 24.0 Å². The number of likely N-dealkylation sites (tertiary alicyclic amines) is 1. The summed E-state index contributed by atoms with van der Waals surface area (Å²) in [5.74, 6) is -0.0613. The molecule has 2 aromatic carbocycles. The van der Waals surface area contributed by atoms with Gasteiger partial charge in [0.25, 0.3) is 0 Å². The molecule has 0 amide bonds. The van der Waals surface area contributed by atoms with Crippen molar-refractivity contribution >= 4 is 29.9 Å². The van der Waals surface area contributed by atoms with E-state index in [9.17, 15) is 8.78 Å². The van der Waals surface area contributed by atoms with Crippen molar-refractivity contribution in [2.45, 2.75) is 38.8 Å². The first kappa shape index (κ1) is 24.5. The molecule has 0 aliphatic carbocycles. The Kier molecular flexibility index (Phi) is 10.5. The molecule has 0 spiro atoms. The van der Waals surface area contributed by atoms with E-state index in [1.54, 1.807) is 0 Å². The van der Waals surface area contributed by atoms with Crippen LogP contribution in [-0.2, 0) is 13.0 Å². The maximum absolute atomic E-state index is 13.8. The first-order chi connectivity index (χ1) is 14.1. The number of halogens is 3. The first-order valence-electron chi connectivity index (χ1n) is 10.4. The summed E-state index contributed by atoms with van der Waals surface area (Å²) in [6.07, 6.45) is 2.47. The number of rotatable bonds is 7. The van der Waals surface area contributed by atoms with Crippen LogP contribution in [0.1, 0.15) is 30.9 Å². The fourth-order valence-corrected chi connectivity index (χ4v) is 3.61. The van der Waals surface area contributed by atoms with E-state index >= 15 is 0 Å². The number of nitrogens with zero attached hydrogens (tertiary/aromatic N) is 2. The summed E-state index contributed by atoms with van der Waals surface area (Å²) in [5, 5.41) is 6.75. The van der Waals surface area contributed by atoms with Gasteiger partial charge in [-0.25, -0.2) is 8.78 Å². The van der Waals surface area contributed by atoms with Gasteiger partial charge in [0.2, 0.25) is 0 Å². The average molecular weight is 528 g/mol. The maximum atomic E-state index is 13.8. The van der Waals surface area contributed by atoms with E-state index in [2.05, 4.69) is 44.8 Å². The van der Waals surface area contributed by atoms with Gasteiger partial charge in [-0.3, -0.25) is 9.89 Å². The Labute approximate surface area is 195 Å². The van der Waals surface area contributed by atoms with E-state index < -0.39 is 5.82 Å². The van der Waals surface area contributed by atoms with Gasteiger partial charge in [-0.2, -0.15) is 0 Å². The second-order valence-electron chi connectivity index (χ2n) is 7.43. The summed E-state index contributed by atoms with van der Waals surface area (Å²) in [5.41, 5.74) is 1.71. The quantitative estimate of drug-likeness (QED) is 0.319. The number of hydrogen-bond acceptors (Lipinski definition) is 2. The second kappa shape index (κ2) is 12.8. The van der Waals surface area contributed by atoms with Crippen molar-refractivity contribution in [1.29, 1.82) is 0 Å². The molecule has 4 nitrogen and oxygen atoms in total. The number of aliphatic imine (C=N–C) groups is 1. The molecule has 3 rings (SSSR count). The van der Waals surface area contributed by atoms with Crippen LogP contribution in [0.4, 0.5) is 8.78 Å². The zero-order chi connectivity index (χ0) is 20.5. The van der Waals surface area contributed by atoms with Gasteiger partial charge in [0.05, 0.1) is 0 Å². The SMILES string of the molecule is CCNC(=NCCc1cc(F)ccc1F)NC1CCN(Cc2ccccc2)CC1.I. The molecule has 2 N–H and O–H groups in total. The molecule has 0 bridgehead atoms. The van der Waals surface area contributed by atoms with Crippen LogP contribution in [0.2, 0.25) is 0 Å². The Morgan fingerprint density at radius 3 is 2.53 bits per heavy atom. The normalized spacial score (nSPS) is 15.5. The first-order valence-corrected chi connectivity index (χ1v) is 10.4. The Hall–Kier alpha value is -1.74. The van der Waals surface area contributed by atoms with Gasteiger partial charge >= 0.3 is 0 Å². The minimum Gasteiger partial charge on any atom is -0.357 e. The molecule has 0 aromatic heterocycles. The maximum Gasteiger partial charge on any atom is 0.191 e. The zero-order valence-electron chi connectivity index (χ0n) is 17.4. The standard InChI is InChI=1S/C23H30F2N4.HI/c1-2-26-23(27-13-10-19-16-20(24)8-9-22(19)25)28-21-11-14-29(15-12-21)17-18-6-4-3-5-7-18;/h3-9,16,21H,2,10-15,17H2,1H3,(H2,26,27,28);1H. The molecule has 164 valence electrons. The number of guanidine groups is 1. The minimum atomic E-state index is -0.419. The lowest BCUT2D eigenvalue weighted by molar-refractivity contribution is 0.198. The van der Waals surface area contributed by atoms with E-state index in [4.69, 9.17) is 0 Å². The summed E-state index contributed by atoms with van der Waals surface area (Å²) in [4.78, 5) is 7.03. The van der Waals surface area contributed by atoms with Crippen molar-refractivity contribution < 1.29 is 8.78 Å². The van der Waals surface area contributed by atoms with Crippen molar-refractivity contribution in [2.24, 2.45) is 4.99 Å². The smallest absolute Gasteiger partial charge is 0.191 e. The van der Waals surface area contributed by atoms with Crippen molar-refractivity contribution in [3.8, 4) is 0 Å². The Morgan fingerprint density at radius 2 is 1.83 bits per heavy atom. The Morgan fingerprint density at radius 1 is 1.10 bits per heavy atom. The van der Waals surface area contributed by atoms with Crippen LogP contribution in [0, 0.1) is 11.6 Å². The summed E-state index contributed by atoms with van der Waals surface area (Å²) in [6.45, 7) is 6.25. The molecule has 1 fully saturated rings. The molecule has 0 radical (unpaired) electrons. The summed E-state index contributed by atoms with van der Waals surface area (Å²) in [7, 11) is 0. The highest BCUT2D eigenvalue weighted by atomic mass is 127. The third-order valence-electron chi connectivity index (χ3n) is 5.18. The van der Waals surface area contributed by atoms with Gasteiger partial charge in [-0.1, -0.05) is 30.3 Å². The zero-order valence-corrected chi connectivity index (χ0v) is 19.7. The fourth-order valence-electron chi connectivity index (χ4n) is 3.61. The summed E-state index contributed by atoms with van der Waals surface area (Å²) in [6, 6.07) is 14.5. The molecule has 0 unspecified atom stereocenters. The largest absolute Gasteiger partial charge is 0.357 e. The van der Waals surface area contributed by atoms with Crippen molar-refractivity contribution in [1.82, 2.24) is 15.5 Å². The van der Waals surface area contributed by atoms with Gasteiger partial charge in [0.15, 0.2) is 5.96 Å². The van der Waals surface area contributed by atoms with E-state index in [-0.39, 0.29) is 29.8 Å². The highest BCUT2D eigenvalue weighted by Crippen LogP contribution is 2.14. The van der Waals surface area contributed by atoms with Gasteiger partial charge < -0.3 is 10.6 Å². The second-order valence-corrected chi connectivity index (χ2v) is 7.43. The van der Waals surface area contributed by atoms with Crippen molar-refractivity contribution in [3.05, 3.63) is 71.3 Å². The Bertz CT molecular complexity index is 793. The van der Waals surface area contributed by atoms with E-state index in [0.717, 1.165) is 51.0 Å². The molecule has 1 aliphatic heterocycles. The van der Waals surface area contributed by atoms with Crippen LogP contribution in [0.25, 0.3) is 0 Å². The highest BCUT2D eigenvalue weighted by molar-refractivity contribution is 14.0. The molecule has 2 aromatic rings. The van der Waals surface area contributed by atoms with E-state index in [1.807, 2.05) is 13.0 Å². The van der Waals surface area contributed by atoms with Crippen molar-refractivity contribution in [3.63, 3.8) is 0 Å². The van der Waals surface area contributed by atoms with Gasteiger partial charge in [0, 0.05) is 38.8 Å². The molecule has 0 saturated carbocycles. The summed E-state index contributed by atoms with van der Waals surface area (Å²) < 4.78 is 27.1. The predicted molar refractivity (Wildman–Crippen MR) is 129 cm³/mol. The van der Waals surface area contributed by atoms with Crippen LogP contribution < -0.4 is 10.6 Å². The van der Waals surface area contributed by atoms with E-state index in [1.165, 1.54) is 17.7 Å². The molecule has 1 saturated heterocycles. The molecular weight excluding hydrogens is 497 g/mol. The average Bonchev–Trinajstić information content (AvgIpc) is 2.73. The van der Waals surface area contributed by atoms with Crippen molar-refractivity contribution in [2.75, 3.05) is 26.2 Å².